The van der Waals surface area contributed by atoms with Crippen molar-refractivity contribution in [3.63, 3.8) is 0 Å². The highest BCUT2D eigenvalue weighted by molar-refractivity contribution is 7.80. The monoisotopic (exact) mass is 368 g/mol. The maximum absolute atomic E-state index is 11.7. The summed E-state index contributed by atoms with van der Waals surface area (Å²) in [6, 6.07) is 11.4. The molecular formula is C19H20N4O2S. The van der Waals surface area contributed by atoms with Crippen molar-refractivity contribution in [3.05, 3.63) is 48.2 Å². The summed E-state index contributed by atoms with van der Waals surface area (Å²) in [5.41, 5.74) is 3.16. The normalized spacial score (nSPS) is 10.9. The SMILES string of the molecule is CC(C)CC(=O)NC(=S)NCc1ccc(-c2nc3ncccc3o2)cc1. The molecule has 26 heavy (non-hydrogen) atoms. The third kappa shape index (κ3) is 4.64. The summed E-state index contributed by atoms with van der Waals surface area (Å²) in [6.45, 7) is 4.51. The van der Waals surface area contributed by atoms with Crippen LogP contribution >= 0.6 is 12.2 Å². The van der Waals surface area contributed by atoms with Crippen LogP contribution in [0.5, 0.6) is 0 Å². The van der Waals surface area contributed by atoms with Crippen LogP contribution in [0.25, 0.3) is 22.7 Å². The van der Waals surface area contributed by atoms with E-state index in [1.165, 1.54) is 0 Å². The number of hydrogen-bond acceptors (Lipinski definition) is 5. The molecule has 0 spiro atoms. The highest BCUT2D eigenvalue weighted by Gasteiger charge is 2.09. The number of benzene rings is 1. The molecule has 3 aromatic rings. The Hall–Kier alpha value is -2.80. The number of nitrogens with one attached hydrogen (secondary N) is 2. The van der Waals surface area contributed by atoms with Gasteiger partial charge in [0.1, 0.15) is 0 Å². The molecule has 0 bridgehead atoms. The lowest BCUT2D eigenvalue weighted by molar-refractivity contribution is -0.120. The average molecular weight is 368 g/mol. The first kappa shape index (κ1) is 18.0. The van der Waals surface area contributed by atoms with Crippen molar-refractivity contribution in [1.82, 2.24) is 20.6 Å². The van der Waals surface area contributed by atoms with Gasteiger partial charge in [-0.05, 0) is 48.0 Å². The molecule has 6 nitrogen and oxygen atoms in total. The van der Waals surface area contributed by atoms with E-state index >= 15 is 0 Å². The van der Waals surface area contributed by atoms with Gasteiger partial charge in [-0.25, -0.2) is 4.98 Å². The van der Waals surface area contributed by atoms with Crippen molar-refractivity contribution in [2.45, 2.75) is 26.8 Å². The van der Waals surface area contributed by atoms with E-state index in [1.54, 1.807) is 6.20 Å². The van der Waals surface area contributed by atoms with Gasteiger partial charge in [-0.2, -0.15) is 4.98 Å². The molecule has 2 aromatic heterocycles. The van der Waals surface area contributed by atoms with Crippen molar-refractivity contribution in [2.24, 2.45) is 5.92 Å². The number of carbonyl (C=O) groups excluding carboxylic acids is 1. The Kier molecular flexibility index (Phi) is 5.58. The van der Waals surface area contributed by atoms with Gasteiger partial charge in [0, 0.05) is 24.7 Å². The minimum atomic E-state index is -0.0718. The second-order valence-electron chi connectivity index (χ2n) is 6.37. The number of carbonyl (C=O) groups is 1. The molecule has 134 valence electrons. The molecular weight excluding hydrogens is 348 g/mol. The number of fused-ring (bicyclic) bond motifs is 1. The Balaban J connectivity index is 1.57. The number of pyridine rings is 1. The van der Waals surface area contributed by atoms with Gasteiger partial charge in [0.15, 0.2) is 16.3 Å². The Morgan fingerprint density at radius 3 is 2.69 bits per heavy atom. The predicted molar refractivity (Wildman–Crippen MR) is 104 cm³/mol. The molecule has 3 rings (SSSR count). The zero-order valence-corrected chi connectivity index (χ0v) is 15.5. The van der Waals surface area contributed by atoms with Gasteiger partial charge in [-0.1, -0.05) is 26.0 Å². The molecule has 1 amide bonds. The van der Waals surface area contributed by atoms with Crippen LogP contribution in [-0.4, -0.2) is 21.0 Å². The zero-order valence-electron chi connectivity index (χ0n) is 14.7. The van der Waals surface area contributed by atoms with E-state index in [-0.39, 0.29) is 5.91 Å². The molecule has 0 aliphatic rings. The fourth-order valence-corrected chi connectivity index (χ4v) is 2.62. The lowest BCUT2D eigenvalue weighted by Crippen LogP contribution is -2.39. The molecule has 0 radical (unpaired) electrons. The minimum Gasteiger partial charge on any atom is -0.434 e. The van der Waals surface area contributed by atoms with Gasteiger partial charge in [-0.15, -0.1) is 0 Å². The van der Waals surface area contributed by atoms with Crippen molar-refractivity contribution in [1.29, 1.82) is 0 Å². The number of thiocarbonyl (C=S) groups is 1. The highest BCUT2D eigenvalue weighted by Crippen LogP contribution is 2.23. The molecule has 0 saturated heterocycles. The fourth-order valence-electron chi connectivity index (χ4n) is 2.43. The summed E-state index contributed by atoms with van der Waals surface area (Å²) in [5.74, 6) is 0.763. The lowest BCUT2D eigenvalue weighted by atomic mass is 10.1. The lowest BCUT2D eigenvalue weighted by Gasteiger charge is -2.10. The zero-order chi connectivity index (χ0) is 18.5. The van der Waals surface area contributed by atoms with E-state index in [4.69, 9.17) is 16.6 Å². The van der Waals surface area contributed by atoms with Gasteiger partial charge in [-0.3, -0.25) is 4.79 Å². The standard InChI is InChI=1S/C19H20N4O2S/c1-12(2)10-16(24)22-19(26)21-11-13-5-7-14(8-6-13)18-23-17-15(25-18)4-3-9-20-17/h3-9,12H,10-11H2,1-2H3,(H2,21,22,24,26). The van der Waals surface area contributed by atoms with Gasteiger partial charge in [0.05, 0.1) is 0 Å². The molecule has 7 heteroatoms. The Morgan fingerprint density at radius 2 is 2.00 bits per heavy atom. The Bertz CT molecular complexity index is 886. The largest absolute Gasteiger partial charge is 0.434 e. The van der Waals surface area contributed by atoms with Gasteiger partial charge in [0.2, 0.25) is 11.8 Å². The van der Waals surface area contributed by atoms with Crippen LogP contribution in [0.2, 0.25) is 0 Å². The van der Waals surface area contributed by atoms with E-state index in [0.717, 1.165) is 11.1 Å². The summed E-state index contributed by atoms with van der Waals surface area (Å²) >= 11 is 5.15. The van der Waals surface area contributed by atoms with E-state index in [2.05, 4.69) is 20.6 Å². The molecule has 0 atom stereocenters. The minimum absolute atomic E-state index is 0.0718. The van der Waals surface area contributed by atoms with Crippen molar-refractivity contribution in [3.8, 4) is 11.5 Å². The third-order valence-electron chi connectivity index (χ3n) is 3.67. The number of rotatable bonds is 5. The number of hydrogen-bond donors (Lipinski definition) is 2. The van der Waals surface area contributed by atoms with Crippen LogP contribution < -0.4 is 10.6 Å². The van der Waals surface area contributed by atoms with E-state index < -0.39 is 0 Å². The first-order chi connectivity index (χ1) is 12.5. The second-order valence-corrected chi connectivity index (χ2v) is 6.78. The number of aromatic nitrogens is 2. The van der Waals surface area contributed by atoms with Gasteiger partial charge >= 0.3 is 0 Å². The van der Waals surface area contributed by atoms with Crippen LogP contribution in [0.1, 0.15) is 25.8 Å². The summed E-state index contributed by atoms with van der Waals surface area (Å²) in [6.07, 6.45) is 2.14. The maximum Gasteiger partial charge on any atom is 0.228 e. The first-order valence-electron chi connectivity index (χ1n) is 8.40. The van der Waals surface area contributed by atoms with Crippen molar-refractivity contribution < 1.29 is 9.21 Å². The van der Waals surface area contributed by atoms with Crippen molar-refractivity contribution >= 4 is 34.5 Å². The second kappa shape index (κ2) is 8.05. The molecule has 1 aromatic carbocycles. The molecule has 0 aliphatic carbocycles. The summed E-state index contributed by atoms with van der Waals surface area (Å²) < 4.78 is 5.71. The Morgan fingerprint density at radius 1 is 1.23 bits per heavy atom. The van der Waals surface area contributed by atoms with Crippen LogP contribution in [0, 0.1) is 5.92 Å². The van der Waals surface area contributed by atoms with E-state index in [0.29, 0.717) is 41.1 Å². The number of nitrogens with zero attached hydrogens (tertiary/aromatic N) is 2. The number of oxazole rings is 1. The van der Waals surface area contributed by atoms with Crippen LogP contribution in [0.4, 0.5) is 0 Å². The smallest absolute Gasteiger partial charge is 0.228 e. The van der Waals surface area contributed by atoms with E-state index in [9.17, 15) is 4.79 Å². The molecule has 0 aliphatic heterocycles. The predicted octanol–water partition coefficient (Wildman–Crippen LogP) is 3.43. The summed E-state index contributed by atoms with van der Waals surface area (Å²) in [5, 5.41) is 6.06. The van der Waals surface area contributed by atoms with E-state index in [1.807, 2.05) is 50.2 Å². The fraction of sp³-hybridized carbons (Fsp3) is 0.263. The summed E-state index contributed by atoms with van der Waals surface area (Å²) in [7, 11) is 0. The quantitative estimate of drug-likeness (QED) is 0.672. The Labute approximate surface area is 157 Å². The highest BCUT2D eigenvalue weighted by atomic mass is 32.1. The van der Waals surface area contributed by atoms with Gasteiger partial charge in [0.25, 0.3) is 0 Å². The third-order valence-corrected chi connectivity index (χ3v) is 3.91. The number of amides is 1. The average Bonchev–Trinajstić information content (AvgIpc) is 3.03. The summed E-state index contributed by atoms with van der Waals surface area (Å²) in [4.78, 5) is 20.2. The molecule has 2 heterocycles. The molecule has 2 N–H and O–H groups in total. The van der Waals surface area contributed by atoms with Crippen LogP contribution in [0.15, 0.2) is 47.0 Å². The molecule has 0 fully saturated rings. The van der Waals surface area contributed by atoms with Crippen molar-refractivity contribution in [2.75, 3.05) is 0 Å². The molecule has 0 unspecified atom stereocenters. The maximum atomic E-state index is 11.7. The van der Waals surface area contributed by atoms with Crippen LogP contribution in [-0.2, 0) is 11.3 Å². The van der Waals surface area contributed by atoms with Gasteiger partial charge < -0.3 is 15.1 Å². The molecule has 0 saturated carbocycles. The topological polar surface area (TPSA) is 80.0 Å². The first-order valence-corrected chi connectivity index (χ1v) is 8.80. The van der Waals surface area contributed by atoms with Crippen LogP contribution in [0.3, 0.4) is 0 Å².